The molecule has 0 aromatic heterocycles. The zero-order valence-corrected chi connectivity index (χ0v) is 18.3. The van der Waals surface area contributed by atoms with Gasteiger partial charge in [-0.3, -0.25) is 9.59 Å². The molecule has 0 aliphatic carbocycles. The van der Waals surface area contributed by atoms with Crippen molar-refractivity contribution >= 4 is 39.9 Å². The van der Waals surface area contributed by atoms with Crippen molar-refractivity contribution in [1.29, 1.82) is 0 Å². The molecule has 0 spiro atoms. The van der Waals surface area contributed by atoms with Gasteiger partial charge < -0.3 is 14.8 Å². The van der Waals surface area contributed by atoms with Gasteiger partial charge in [-0.25, -0.2) is 14.6 Å². The lowest BCUT2D eigenvalue weighted by Gasteiger charge is -2.08. The molecule has 10 heteroatoms. The Kier molecular flexibility index (Phi) is 9.63. The van der Waals surface area contributed by atoms with E-state index in [1.54, 1.807) is 31.2 Å². The maximum absolute atomic E-state index is 13.5. The molecule has 164 valence electrons. The fourth-order valence-corrected chi connectivity index (χ4v) is 2.83. The average Bonchev–Trinajstić information content (AvgIpc) is 2.73. The van der Waals surface area contributed by atoms with Gasteiger partial charge in [-0.2, -0.15) is 5.10 Å². The number of hydrogen-bond donors (Lipinski definition) is 2. The van der Waals surface area contributed by atoms with Crippen LogP contribution in [-0.2, 0) is 14.3 Å². The second-order valence-electron chi connectivity index (χ2n) is 6.06. The molecule has 0 unspecified atom stereocenters. The van der Waals surface area contributed by atoms with Crippen LogP contribution in [0.4, 0.5) is 4.39 Å². The summed E-state index contributed by atoms with van der Waals surface area (Å²) in [5.74, 6) is -1.65. The van der Waals surface area contributed by atoms with Gasteiger partial charge in [0.25, 0.3) is 5.91 Å². The Balaban J connectivity index is 1.75. The van der Waals surface area contributed by atoms with Crippen molar-refractivity contribution in [3.8, 4) is 5.75 Å². The maximum atomic E-state index is 13.5. The van der Waals surface area contributed by atoms with Crippen LogP contribution in [0.3, 0.4) is 0 Å². The first kappa shape index (κ1) is 24.0. The number of halogens is 2. The standard InChI is InChI=1S/C21H21BrFN3O5/c1-2-30-20(28)13-31-18-8-7-14(11-16(18)22)12-25-26-19(27)9-10-24-21(29)15-5-3-4-6-17(15)23/h3-8,11-12H,2,9-10,13H2,1H3,(H,24,29)(H,26,27). The largest absolute Gasteiger partial charge is 0.481 e. The molecule has 2 amide bonds. The third-order valence-corrected chi connectivity index (χ3v) is 4.39. The van der Waals surface area contributed by atoms with E-state index in [0.29, 0.717) is 15.8 Å². The van der Waals surface area contributed by atoms with Crippen LogP contribution >= 0.6 is 15.9 Å². The van der Waals surface area contributed by atoms with Crippen molar-refractivity contribution in [2.24, 2.45) is 5.10 Å². The fourth-order valence-electron chi connectivity index (χ4n) is 2.32. The van der Waals surface area contributed by atoms with E-state index in [-0.39, 0.29) is 31.7 Å². The number of esters is 1. The number of rotatable bonds is 10. The highest BCUT2D eigenvalue weighted by atomic mass is 79.9. The zero-order valence-electron chi connectivity index (χ0n) is 16.7. The molecule has 2 rings (SSSR count). The molecule has 0 aliphatic rings. The molecule has 0 atom stereocenters. The van der Waals surface area contributed by atoms with Crippen molar-refractivity contribution in [2.75, 3.05) is 19.8 Å². The molecule has 31 heavy (non-hydrogen) atoms. The van der Waals surface area contributed by atoms with E-state index < -0.39 is 23.6 Å². The molecule has 0 aliphatic heterocycles. The number of ether oxygens (including phenoxy) is 2. The normalized spacial score (nSPS) is 10.5. The molecule has 0 saturated heterocycles. The van der Waals surface area contributed by atoms with Crippen molar-refractivity contribution in [2.45, 2.75) is 13.3 Å². The van der Waals surface area contributed by atoms with Crippen molar-refractivity contribution in [3.05, 3.63) is 63.9 Å². The summed E-state index contributed by atoms with van der Waals surface area (Å²) in [6.45, 7) is 1.82. The highest BCUT2D eigenvalue weighted by Gasteiger charge is 2.11. The van der Waals surface area contributed by atoms with Gasteiger partial charge >= 0.3 is 5.97 Å². The maximum Gasteiger partial charge on any atom is 0.344 e. The SMILES string of the molecule is CCOC(=O)COc1ccc(C=NNC(=O)CCNC(=O)c2ccccc2F)cc1Br. The highest BCUT2D eigenvalue weighted by molar-refractivity contribution is 9.10. The Morgan fingerprint density at radius 3 is 2.68 bits per heavy atom. The van der Waals surface area contributed by atoms with E-state index in [9.17, 15) is 18.8 Å². The first-order valence-electron chi connectivity index (χ1n) is 9.33. The van der Waals surface area contributed by atoms with E-state index in [0.717, 1.165) is 0 Å². The molecule has 2 aromatic carbocycles. The summed E-state index contributed by atoms with van der Waals surface area (Å²) in [5, 5.41) is 6.32. The Morgan fingerprint density at radius 1 is 1.19 bits per heavy atom. The molecule has 0 heterocycles. The Hall–Kier alpha value is -3.27. The second-order valence-corrected chi connectivity index (χ2v) is 6.92. The van der Waals surface area contributed by atoms with Gasteiger partial charge in [0, 0.05) is 13.0 Å². The number of nitrogens with one attached hydrogen (secondary N) is 2. The minimum atomic E-state index is -0.627. The van der Waals surface area contributed by atoms with Crippen molar-refractivity contribution < 1.29 is 28.2 Å². The van der Waals surface area contributed by atoms with Crippen LogP contribution < -0.4 is 15.5 Å². The lowest BCUT2D eigenvalue weighted by molar-refractivity contribution is -0.145. The monoisotopic (exact) mass is 493 g/mol. The van der Waals surface area contributed by atoms with Crippen LogP contribution in [-0.4, -0.2) is 43.8 Å². The first-order chi connectivity index (χ1) is 14.9. The summed E-state index contributed by atoms with van der Waals surface area (Å²) in [6, 6.07) is 10.6. The van der Waals surface area contributed by atoms with Crippen LogP contribution in [0.25, 0.3) is 0 Å². The number of carbonyl (C=O) groups excluding carboxylic acids is 3. The van der Waals surface area contributed by atoms with Gasteiger partial charge in [-0.15, -0.1) is 0 Å². The minimum Gasteiger partial charge on any atom is -0.481 e. The summed E-state index contributed by atoms with van der Waals surface area (Å²) in [4.78, 5) is 35.0. The quantitative estimate of drug-likeness (QED) is 0.300. The fraction of sp³-hybridized carbons (Fsp3) is 0.238. The highest BCUT2D eigenvalue weighted by Crippen LogP contribution is 2.25. The molecular weight excluding hydrogens is 473 g/mol. The van der Waals surface area contributed by atoms with Gasteiger partial charge in [0.15, 0.2) is 6.61 Å². The molecule has 8 nitrogen and oxygen atoms in total. The number of carbonyl (C=O) groups is 3. The molecule has 0 saturated carbocycles. The first-order valence-corrected chi connectivity index (χ1v) is 10.1. The van der Waals surface area contributed by atoms with E-state index in [1.807, 2.05) is 0 Å². The van der Waals surface area contributed by atoms with E-state index >= 15 is 0 Å². The van der Waals surface area contributed by atoms with Crippen LogP contribution in [0.1, 0.15) is 29.3 Å². The van der Waals surface area contributed by atoms with Crippen LogP contribution in [0.2, 0.25) is 0 Å². The van der Waals surface area contributed by atoms with E-state index in [2.05, 4.69) is 31.8 Å². The summed E-state index contributed by atoms with van der Waals surface area (Å²) < 4.78 is 24.3. The van der Waals surface area contributed by atoms with Gasteiger partial charge in [0.2, 0.25) is 5.91 Å². The second kappa shape index (κ2) is 12.4. The third kappa shape index (κ3) is 8.17. The van der Waals surface area contributed by atoms with Crippen molar-refractivity contribution in [1.82, 2.24) is 10.7 Å². The minimum absolute atomic E-state index is 0.0259. The lowest BCUT2D eigenvalue weighted by Crippen LogP contribution is -2.29. The number of benzene rings is 2. The van der Waals surface area contributed by atoms with E-state index in [1.165, 1.54) is 24.4 Å². The molecule has 0 radical (unpaired) electrons. The Morgan fingerprint density at radius 2 is 1.97 bits per heavy atom. The number of hydrogen-bond acceptors (Lipinski definition) is 6. The number of amides is 2. The topological polar surface area (TPSA) is 106 Å². The molecular formula is C21H21BrFN3O5. The van der Waals surface area contributed by atoms with Gasteiger partial charge in [0.05, 0.1) is 22.9 Å². The van der Waals surface area contributed by atoms with Crippen LogP contribution in [0.15, 0.2) is 52.0 Å². The van der Waals surface area contributed by atoms with Gasteiger partial charge in [-0.05, 0) is 58.7 Å². The summed E-state index contributed by atoms with van der Waals surface area (Å²) >= 11 is 3.34. The number of hydrazone groups is 1. The average molecular weight is 494 g/mol. The number of nitrogens with zero attached hydrogens (tertiary/aromatic N) is 1. The molecule has 2 aromatic rings. The Bertz CT molecular complexity index is 968. The smallest absolute Gasteiger partial charge is 0.344 e. The zero-order chi connectivity index (χ0) is 22.6. The predicted molar refractivity (Wildman–Crippen MR) is 115 cm³/mol. The Labute approximate surface area is 186 Å². The molecule has 2 N–H and O–H groups in total. The molecule has 0 fully saturated rings. The third-order valence-electron chi connectivity index (χ3n) is 3.77. The van der Waals surface area contributed by atoms with Gasteiger partial charge in [-0.1, -0.05) is 12.1 Å². The van der Waals surface area contributed by atoms with Crippen LogP contribution in [0.5, 0.6) is 5.75 Å². The van der Waals surface area contributed by atoms with Crippen LogP contribution in [0, 0.1) is 5.82 Å². The van der Waals surface area contributed by atoms with Crippen molar-refractivity contribution in [3.63, 3.8) is 0 Å². The summed E-state index contributed by atoms with van der Waals surface area (Å²) in [7, 11) is 0. The molecule has 0 bridgehead atoms. The lowest BCUT2D eigenvalue weighted by atomic mass is 10.2. The summed E-state index contributed by atoms with van der Waals surface area (Å²) in [5.41, 5.74) is 2.93. The van der Waals surface area contributed by atoms with Gasteiger partial charge in [0.1, 0.15) is 11.6 Å². The van der Waals surface area contributed by atoms with E-state index in [4.69, 9.17) is 9.47 Å². The summed E-state index contributed by atoms with van der Waals surface area (Å²) in [6.07, 6.45) is 1.40. The predicted octanol–water partition coefficient (Wildman–Crippen LogP) is 2.80.